The Hall–Kier alpha value is -1.89. The van der Waals surface area contributed by atoms with Crippen LogP contribution in [0.15, 0.2) is 23.4 Å². The topological polar surface area (TPSA) is 63.9 Å². The molecule has 2 heterocycles. The molecular formula is C18H25N5OS. The first kappa shape index (κ1) is 17.9. The van der Waals surface area contributed by atoms with Crippen molar-refractivity contribution < 1.29 is 4.79 Å². The fourth-order valence-corrected chi connectivity index (χ4v) is 3.99. The summed E-state index contributed by atoms with van der Waals surface area (Å²) in [5, 5.41) is 12.6. The zero-order chi connectivity index (χ0) is 17.8. The average Bonchev–Trinajstić information content (AvgIpc) is 2.88. The third-order valence-electron chi connectivity index (χ3n) is 4.58. The summed E-state index contributed by atoms with van der Waals surface area (Å²) in [5.74, 6) is 0.183. The molecule has 0 aliphatic carbocycles. The van der Waals surface area contributed by atoms with E-state index in [0.29, 0.717) is 5.16 Å². The predicted octanol–water partition coefficient (Wildman–Crippen LogP) is 3.16. The second kappa shape index (κ2) is 7.99. The van der Waals surface area contributed by atoms with Crippen LogP contribution < -0.4 is 0 Å². The number of hydrogen-bond donors (Lipinski definition) is 0. The maximum absolute atomic E-state index is 12.8. The Morgan fingerprint density at radius 2 is 1.88 bits per heavy atom. The van der Waals surface area contributed by atoms with Gasteiger partial charge in [-0.15, -0.1) is 5.10 Å². The zero-order valence-electron chi connectivity index (χ0n) is 15.1. The van der Waals surface area contributed by atoms with E-state index >= 15 is 0 Å². The monoisotopic (exact) mass is 359 g/mol. The Balaban J connectivity index is 1.76. The van der Waals surface area contributed by atoms with Crippen molar-refractivity contribution in [2.75, 3.05) is 13.1 Å². The molecule has 1 saturated heterocycles. The van der Waals surface area contributed by atoms with Gasteiger partial charge in [-0.1, -0.05) is 36.7 Å². The molecule has 0 spiro atoms. The van der Waals surface area contributed by atoms with Crippen molar-refractivity contribution in [3.8, 4) is 5.69 Å². The molecule has 3 rings (SSSR count). The van der Waals surface area contributed by atoms with Crippen molar-refractivity contribution in [1.29, 1.82) is 0 Å². The molecule has 0 saturated carbocycles. The van der Waals surface area contributed by atoms with Gasteiger partial charge in [0.05, 0.1) is 10.9 Å². The van der Waals surface area contributed by atoms with Gasteiger partial charge in [0.15, 0.2) is 0 Å². The highest BCUT2D eigenvalue weighted by Crippen LogP contribution is 2.26. The number of aromatic nitrogens is 4. The van der Waals surface area contributed by atoms with Crippen LogP contribution >= 0.6 is 11.8 Å². The second-order valence-electron chi connectivity index (χ2n) is 6.66. The fraction of sp³-hybridized carbons (Fsp3) is 0.556. The number of carbonyl (C=O) groups excluding carboxylic acids is 1. The Kier molecular flexibility index (Phi) is 5.73. The largest absolute Gasteiger partial charge is 0.342 e. The number of nitrogens with zero attached hydrogens (tertiary/aromatic N) is 5. The number of likely N-dealkylation sites (tertiary alicyclic amines) is 1. The third kappa shape index (κ3) is 4.21. The van der Waals surface area contributed by atoms with Gasteiger partial charge in [0.25, 0.3) is 0 Å². The number of tetrazole rings is 1. The van der Waals surface area contributed by atoms with E-state index in [9.17, 15) is 4.79 Å². The number of benzene rings is 1. The van der Waals surface area contributed by atoms with E-state index in [1.165, 1.54) is 24.6 Å². The van der Waals surface area contributed by atoms with Gasteiger partial charge in [0.2, 0.25) is 11.1 Å². The molecule has 7 heteroatoms. The molecule has 1 aromatic carbocycles. The summed E-state index contributed by atoms with van der Waals surface area (Å²) in [5.41, 5.74) is 3.22. The smallest absolute Gasteiger partial charge is 0.235 e. The standard InChI is InChI=1S/C18H25N5OS/c1-13-8-9-14(2)16(12-13)23-18(19-20-21-23)25-15(3)17(24)22-10-6-4-5-7-11-22/h8-9,12,15H,4-7,10-11H2,1-3H3/t15-/m1/s1. The Morgan fingerprint density at radius 1 is 1.16 bits per heavy atom. The van der Waals surface area contributed by atoms with Crippen LogP contribution in [-0.2, 0) is 4.79 Å². The maximum Gasteiger partial charge on any atom is 0.235 e. The minimum atomic E-state index is -0.201. The first-order valence-electron chi connectivity index (χ1n) is 8.87. The lowest BCUT2D eigenvalue weighted by Crippen LogP contribution is -2.37. The maximum atomic E-state index is 12.8. The molecule has 6 nitrogen and oxygen atoms in total. The van der Waals surface area contributed by atoms with Crippen molar-refractivity contribution in [2.45, 2.75) is 56.9 Å². The lowest BCUT2D eigenvalue weighted by Gasteiger charge is -2.23. The van der Waals surface area contributed by atoms with E-state index in [-0.39, 0.29) is 11.2 Å². The van der Waals surface area contributed by atoms with Crippen LogP contribution in [0.5, 0.6) is 0 Å². The summed E-state index contributed by atoms with van der Waals surface area (Å²) < 4.78 is 1.74. The number of aryl methyl sites for hydroxylation is 2. The highest BCUT2D eigenvalue weighted by molar-refractivity contribution is 8.00. The number of rotatable bonds is 4. The molecular weight excluding hydrogens is 334 g/mol. The molecule has 1 aliphatic rings. The van der Waals surface area contributed by atoms with E-state index in [4.69, 9.17) is 0 Å². The second-order valence-corrected chi connectivity index (χ2v) is 7.97. The van der Waals surface area contributed by atoms with Crippen LogP contribution in [-0.4, -0.2) is 49.4 Å². The van der Waals surface area contributed by atoms with E-state index in [1.54, 1.807) is 4.68 Å². The summed E-state index contributed by atoms with van der Waals surface area (Å²) >= 11 is 1.43. The Bertz CT molecular complexity index is 737. The van der Waals surface area contributed by atoms with Crippen LogP contribution in [0.1, 0.15) is 43.7 Å². The van der Waals surface area contributed by atoms with Crippen LogP contribution in [0.2, 0.25) is 0 Å². The van der Waals surface area contributed by atoms with Gasteiger partial charge in [0.1, 0.15) is 0 Å². The molecule has 134 valence electrons. The molecule has 0 N–H and O–H groups in total. The average molecular weight is 359 g/mol. The van der Waals surface area contributed by atoms with Crippen LogP contribution in [0.3, 0.4) is 0 Å². The summed E-state index contributed by atoms with van der Waals surface area (Å²) in [6, 6.07) is 6.20. The highest BCUT2D eigenvalue weighted by atomic mass is 32.2. The van der Waals surface area contributed by atoms with Crippen molar-refractivity contribution in [3.05, 3.63) is 29.3 Å². The van der Waals surface area contributed by atoms with Gasteiger partial charge in [-0.05, 0) is 61.2 Å². The van der Waals surface area contributed by atoms with Gasteiger partial charge >= 0.3 is 0 Å². The van der Waals surface area contributed by atoms with E-state index in [0.717, 1.165) is 42.7 Å². The normalized spacial score (nSPS) is 16.5. The van der Waals surface area contributed by atoms with Gasteiger partial charge in [-0.2, -0.15) is 4.68 Å². The molecule has 1 atom stereocenters. The lowest BCUT2D eigenvalue weighted by atomic mass is 10.1. The number of hydrogen-bond acceptors (Lipinski definition) is 5. The summed E-state index contributed by atoms with van der Waals surface area (Å²) in [6.07, 6.45) is 4.64. The molecule has 1 amide bonds. The van der Waals surface area contributed by atoms with Crippen LogP contribution in [0, 0.1) is 13.8 Å². The van der Waals surface area contributed by atoms with Gasteiger partial charge in [-0.25, -0.2) is 0 Å². The Labute approximate surface area is 153 Å². The van der Waals surface area contributed by atoms with Crippen molar-refractivity contribution in [1.82, 2.24) is 25.1 Å². The number of carbonyl (C=O) groups is 1. The van der Waals surface area contributed by atoms with E-state index < -0.39 is 0 Å². The minimum absolute atomic E-state index is 0.183. The Morgan fingerprint density at radius 3 is 2.60 bits per heavy atom. The first-order valence-corrected chi connectivity index (χ1v) is 9.75. The molecule has 1 fully saturated rings. The lowest BCUT2D eigenvalue weighted by molar-refractivity contribution is -0.130. The fourth-order valence-electron chi connectivity index (χ4n) is 3.11. The highest BCUT2D eigenvalue weighted by Gasteiger charge is 2.24. The molecule has 0 bridgehead atoms. The molecule has 0 unspecified atom stereocenters. The number of amides is 1. The SMILES string of the molecule is Cc1ccc(C)c(-n2nnnc2S[C@H](C)C(=O)N2CCCCCC2)c1. The zero-order valence-corrected chi connectivity index (χ0v) is 15.9. The molecule has 1 aromatic heterocycles. The summed E-state index contributed by atoms with van der Waals surface area (Å²) in [4.78, 5) is 14.8. The summed E-state index contributed by atoms with van der Waals surface area (Å²) in [7, 11) is 0. The predicted molar refractivity (Wildman–Crippen MR) is 99.0 cm³/mol. The number of thioether (sulfide) groups is 1. The van der Waals surface area contributed by atoms with Crippen LogP contribution in [0.4, 0.5) is 0 Å². The quantitative estimate of drug-likeness (QED) is 0.785. The first-order chi connectivity index (χ1) is 12.1. The van der Waals surface area contributed by atoms with Crippen molar-refractivity contribution in [3.63, 3.8) is 0 Å². The van der Waals surface area contributed by atoms with E-state index in [1.807, 2.05) is 25.7 Å². The third-order valence-corrected chi connectivity index (χ3v) is 5.60. The van der Waals surface area contributed by atoms with Crippen molar-refractivity contribution in [2.24, 2.45) is 0 Å². The minimum Gasteiger partial charge on any atom is -0.342 e. The van der Waals surface area contributed by atoms with Gasteiger partial charge in [0, 0.05) is 13.1 Å². The van der Waals surface area contributed by atoms with Gasteiger partial charge in [-0.3, -0.25) is 4.79 Å². The molecule has 0 radical (unpaired) electrons. The molecule has 2 aromatic rings. The molecule has 1 aliphatic heterocycles. The molecule has 25 heavy (non-hydrogen) atoms. The van der Waals surface area contributed by atoms with Crippen molar-refractivity contribution >= 4 is 17.7 Å². The van der Waals surface area contributed by atoms with E-state index in [2.05, 4.69) is 33.7 Å². The summed E-state index contributed by atoms with van der Waals surface area (Å²) in [6.45, 7) is 7.76. The van der Waals surface area contributed by atoms with Gasteiger partial charge < -0.3 is 4.90 Å². The van der Waals surface area contributed by atoms with Crippen LogP contribution in [0.25, 0.3) is 5.69 Å².